The van der Waals surface area contributed by atoms with E-state index in [0.29, 0.717) is 13.0 Å². The Hall–Kier alpha value is -2.24. The van der Waals surface area contributed by atoms with Gasteiger partial charge in [0, 0.05) is 23.9 Å². The highest BCUT2D eigenvalue weighted by molar-refractivity contribution is 7.13. The lowest BCUT2D eigenvalue weighted by atomic mass is 10.2. The number of aromatic nitrogens is 1. The number of halogens is 2. The lowest BCUT2D eigenvalue weighted by Crippen LogP contribution is -2.26. The molecule has 0 aliphatic rings. The number of benzene rings is 2. The van der Waals surface area contributed by atoms with Gasteiger partial charge in [-0.1, -0.05) is 41.4 Å². The molecule has 2 aromatic carbocycles. The van der Waals surface area contributed by atoms with Gasteiger partial charge in [-0.05, 0) is 25.1 Å². The number of amides is 1. The molecule has 1 N–H and O–H groups in total. The van der Waals surface area contributed by atoms with Crippen molar-refractivity contribution in [3.8, 4) is 10.6 Å². The zero-order valence-electron chi connectivity index (χ0n) is 13.6. The maximum absolute atomic E-state index is 13.0. The third-order valence-corrected chi connectivity index (χ3v) is 4.95. The Morgan fingerprint density at radius 2 is 2.00 bits per heavy atom. The lowest BCUT2D eigenvalue weighted by molar-refractivity contribution is 0.0954. The summed E-state index contributed by atoms with van der Waals surface area (Å²) in [7, 11) is 0. The summed E-state index contributed by atoms with van der Waals surface area (Å²) in [6.45, 7) is 2.48. The fourth-order valence-corrected chi connectivity index (χ4v) is 3.44. The maximum Gasteiger partial charge on any atom is 0.252 e. The van der Waals surface area contributed by atoms with Crippen molar-refractivity contribution in [2.75, 3.05) is 6.54 Å². The third-order valence-electron chi connectivity index (χ3n) is 3.69. The lowest BCUT2D eigenvalue weighted by Gasteiger charge is -2.06. The van der Waals surface area contributed by atoms with Crippen LogP contribution in [0.3, 0.4) is 0 Å². The predicted molar refractivity (Wildman–Crippen MR) is 99.7 cm³/mol. The number of hydrogen-bond donors (Lipinski definition) is 1. The molecular weight excluding hydrogens is 359 g/mol. The first kappa shape index (κ1) is 17.6. The van der Waals surface area contributed by atoms with Gasteiger partial charge < -0.3 is 5.32 Å². The normalized spacial score (nSPS) is 10.7. The van der Waals surface area contributed by atoms with Gasteiger partial charge in [0.2, 0.25) is 0 Å². The van der Waals surface area contributed by atoms with Crippen molar-refractivity contribution in [1.82, 2.24) is 10.3 Å². The predicted octanol–water partition coefficient (Wildman–Crippen LogP) is 4.88. The van der Waals surface area contributed by atoms with Crippen LogP contribution in [-0.4, -0.2) is 17.4 Å². The number of aryl methyl sites for hydroxylation is 1. The first-order valence-corrected chi connectivity index (χ1v) is 9.03. The number of rotatable bonds is 5. The second-order valence-electron chi connectivity index (χ2n) is 5.64. The minimum Gasteiger partial charge on any atom is -0.352 e. The summed E-state index contributed by atoms with van der Waals surface area (Å²) in [5.74, 6) is -0.786. The van der Waals surface area contributed by atoms with Crippen LogP contribution in [0, 0.1) is 12.7 Å². The van der Waals surface area contributed by atoms with Crippen LogP contribution in [0.1, 0.15) is 21.6 Å². The average Bonchev–Trinajstić information content (AvgIpc) is 3.04. The van der Waals surface area contributed by atoms with Crippen LogP contribution >= 0.6 is 22.9 Å². The highest BCUT2D eigenvalue weighted by atomic mass is 35.5. The van der Waals surface area contributed by atoms with E-state index >= 15 is 0 Å². The summed E-state index contributed by atoms with van der Waals surface area (Å²) in [6.07, 6.45) is 0.618. The molecule has 1 heterocycles. The number of thiazole rings is 1. The van der Waals surface area contributed by atoms with Gasteiger partial charge in [-0.2, -0.15) is 0 Å². The minimum atomic E-state index is -0.465. The van der Waals surface area contributed by atoms with E-state index in [9.17, 15) is 9.18 Å². The Morgan fingerprint density at radius 3 is 2.72 bits per heavy atom. The van der Waals surface area contributed by atoms with Crippen LogP contribution in [0.2, 0.25) is 5.02 Å². The summed E-state index contributed by atoms with van der Waals surface area (Å²) in [4.78, 5) is 16.7. The molecule has 0 fully saturated rings. The van der Waals surface area contributed by atoms with Gasteiger partial charge in [0.25, 0.3) is 5.91 Å². The van der Waals surface area contributed by atoms with Crippen molar-refractivity contribution in [2.45, 2.75) is 13.3 Å². The molecule has 1 amide bonds. The van der Waals surface area contributed by atoms with Gasteiger partial charge in [0.15, 0.2) is 0 Å². The van der Waals surface area contributed by atoms with Crippen molar-refractivity contribution in [1.29, 1.82) is 0 Å². The largest absolute Gasteiger partial charge is 0.352 e. The van der Waals surface area contributed by atoms with Crippen LogP contribution < -0.4 is 5.32 Å². The van der Waals surface area contributed by atoms with Crippen molar-refractivity contribution in [3.63, 3.8) is 0 Å². The smallest absolute Gasteiger partial charge is 0.252 e. The van der Waals surface area contributed by atoms with Crippen LogP contribution in [0.4, 0.5) is 4.39 Å². The van der Waals surface area contributed by atoms with E-state index in [2.05, 4.69) is 34.6 Å². The molecule has 0 saturated heterocycles. The molecular formula is C19H16ClFN2OS. The van der Waals surface area contributed by atoms with Gasteiger partial charge in [0.1, 0.15) is 10.8 Å². The molecule has 6 heteroatoms. The van der Waals surface area contributed by atoms with Gasteiger partial charge in [-0.3, -0.25) is 4.79 Å². The second-order valence-corrected chi connectivity index (χ2v) is 6.91. The van der Waals surface area contributed by atoms with E-state index in [1.807, 2.05) is 12.3 Å². The molecule has 3 aromatic rings. The molecule has 0 aliphatic carbocycles. The van der Waals surface area contributed by atoms with Crippen LogP contribution in [-0.2, 0) is 6.42 Å². The van der Waals surface area contributed by atoms with Crippen LogP contribution in [0.15, 0.2) is 47.8 Å². The van der Waals surface area contributed by atoms with Crippen molar-refractivity contribution in [2.24, 2.45) is 0 Å². The van der Waals surface area contributed by atoms with Crippen molar-refractivity contribution in [3.05, 3.63) is 75.5 Å². The van der Waals surface area contributed by atoms with Crippen molar-refractivity contribution < 1.29 is 9.18 Å². The Bertz CT molecular complexity index is 893. The molecule has 0 unspecified atom stereocenters. The molecule has 3 rings (SSSR count). The molecule has 1 aromatic heterocycles. The number of nitrogens with one attached hydrogen (secondary N) is 1. The fraction of sp³-hybridized carbons (Fsp3) is 0.158. The zero-order valence-corrected chi connectivity index (χ0v) is 15.1. The van der Waals surface area contributed by atoms with Gasteiger partial charge in [-0.15, -0.1) is 11.3 Å². The van der Waals surface area contributed by atoms with Crippen molar-refractivity contribution >= 4 is 28.8 Å². The van der Waals surface area contributed by atoms with E-state index in [4.69, 9.17) is 11.6 Å². The van der Waals surface area contributed by atoms with Gasteiger partial charge >= 0.3 is 0 Å². The summed E-state index contributed by atoms with van der Waals surface area (Å²) < 4.78 is 13.0. The minimum absolute atomic E-state index is 0.104. The highest BCUT2D eigenvalue weighted by Crippen LogP contribution is 2.24. The number of carbonyl (C=O) groups excluding carboxylic acids is 1. The molecule has 25 heavy (non-hydrogen) atoms. The zero-order chi connectivity index (χ0) is 17.8. The topological polar surface area (TPSA) is 42.0 Å². The molecule has 0 saturated carbocycles. The Kier molecular flexibility index (Phi) is 5.46. The third kappa shape index (κ3) is 4.44. The molecule has 128 valence electrons. The standard InChI is InChI=1S/C19H16ClFN2OS/c1-12-2-4-13(5-3-12)19-23-15(11-25-19)8-9-22-18(24)16-7-6-14(21)10-17(16)20/h2-7,10-11H,8-9H2,1H3,(H,22,24). The highest BCUT2D eigenvalue weighted by Gasteiger charge is 2.11. The van der Waals surface area contributed by atoms with E-state index in [-0.39, 0.29) is 16.5 Å². The summed E-state index contributed by atoms with van der Waals surface area (Å²) in [5, 5.41) is 5.84. The molecule has 0 radical (unpaired) electrons. The van der Waals surface area contributed by atoms with Crippen LogP contribution in [0.25, 0.3) is 10.6 Å². The second kappa shape index (κ2) is 7.76. The Labute approximate surface area is 154 Å². The molecule has 0 aliphatic heterocycles. The van der Waals surface area contributed by atoms with E-state index in [1.165, 1.54) is 17.7 Å². The first-order valence-electron chi connectivity index (χ1n) is 7.77. The fourth-order valence-electron chi connectivity index (χ4n) is 2.32. The number of carbonyl (C=O) groups is 1. The quantitative estimate of drug-likeness (QED) is 0.691. The average molecular weight is 375 g/mol. The first-order chi connectivity index (χ1) is 12.0. The Balaban J connectivity index is 1.57. The molecule has 0 bridgehead atoms. The van der Waals surface area contributed by atoms with Crippen LogP contribution in [0.5, 0.6) is 0 Å². The molecule has 3 nitrogen and oxygen atoms in total. The summed E-state index contributed by atoms with van der Waals surface area (Å²) in [6, 6.07) is 11.9. The Morgan fingerprint density at radius 1 is 1.24 bits per heavy atom. The number of hydrogen-bond acceptors (Lipinski definition) is 3. The van der Waals surface area contributed by atoms with Gasteiger partial charge in [0.05, 0.1) is 16.3 Å². The van der Waals surface area contributed by atoms with E-state index in [1.54, 1.807) is 11.3 Å². The molecule has 0 spiro atoms. The van der Waals surface area contributed by atoms with E-state index < -0.39 is 5.82 Å². The monoisotopic (exact) mass is 374 g/mol. The SMILES string of the molecule is Cc1ccc(-c2nc(CCNC(=O)c3ccc(F)cc3Cl)cs2)cc1. The number of nitrogens with zero attached hydrogens (tertiary/aromatic N) is 1. The van der Waals surface area contributed by atoms with Gasteiger partial charge in [-0.25, -0.2) is 9.37 Å². The summed E-state index contributed by atoms with van der Waals surface area (Å²) >= 11 is 7.47. The summed E-state index contributed by atoms with van der Waals surface area (Å²) in [5.41, 5.74) is 3.49. The maximum atomic E-state index is 13.0. The molecule has 0 atom stereocenters. The van der Waals surface area contributed by atoms with E-state index in [0.717, 1.165) is 22.3 Å².